The lowest BCUT2D eigenvalue weighted by molar-refractivity contribution is 0.923. The van der Waals surface area contributed by atoms with Crippen LogP contribution in [0.5, 0.6) is 0 Å². The normalized spacial score (nSPS) is 10.9. The highest BCUT2D eigenvalue weighted by atomic mass is 15.1. The molecule has 0 amide bonds. The predicted octanol–water partition coefficient (Wildman–Crippen LogP) is 3.07. The van der Waals surface area contributed by atoms with Crippen molar-refractivity contribution < 1.29 is 1.43 Å². The number of hydrogen-bond acceptors (Lipinski definition) is 1. The maximum absolute atomic E-state index is 4.24. The van der Waals surface area contributed by atoms with Gasteiger partial charge >= 0.3 is 0 Å². The van der Waals surface area contributed by atoms with Crippen LogP contribution >= 0.6 is 0 Å². The highest BCUT2D eigenvalue weighted by molar-refractivity contribution is 5.81. The van der Waals surface area contributed by atoms with Crippen molar-refractivity contribution in [3.8, 4) is 0 Å². The Morgan fingerprint density at radius 2 is 2.31 bits per heavy atom. The number of H-pyrrole nitrogens is 1. The summed E-state index contributed by atoms with van der Waals surface area (Å²) in [5.74, 6) is 0. The summed E-state index contributed by atoms with van der Waals surface area (Å²) in [7, 11) is 0. The third-order valence-corrected chi connectivity index (χ3v) is 2.35. The molecule has 0 atom stereocenters. The van der Waals surface area contributed by atoms with Crippen molar-refractivity contribution in [1.82, 2.24) is 10.2 Å². The summed E-state index contributed by atoms with van der Waals surface area (Å²) < 4.78 is 0. The van der Waals surface area contributed by atoms with Crippen LogP contribution in [0.4, 0.5) is 0 Å². The lowest BCUT2D eigenvalue weighted by Gasteiger charge is -1.97. The fourth-order valence-corrected chi connectivity index (χ4v) is 1.64. The molecule has 2 rings (SSSR count). The first kappa shape index (κ1) is 8.30. The number of benzene rings is 1. The minimum Gasteiger partial charge on any atom is -0.282 e. The van der Waals surface area contributed by atoms with Gasteiger partial charge in [0.2, 0.25) is 0 Å². The van der Waals surface area contributed by atoms with Crippen LogP contribution in [0.1, 0.15) is 26.0 Å². The Kier molecular flexibility index (Phi) is 2.05. The molecular weight excluding hydrogens is 160 g/mol. The van der Waals surface area contributed by atoms with E-state index in [1.165, 1.54) is 17.4 Å². The topological polar surface area (TPSA) is 28.7 Å². The first-order valence-corrected chi connectivity index (χ1v) is 4.75. The van der Waals surface area contributed by atoms with Gasteiger partial charge in [0.25, 0.3) is 0 Å². The van der Waals surface area contributed by atoms with E-state index < -0.39 is 0 Å². The zero-order valence-corrected chi connectivity index (χ0v) is 8.09. The first-order valence-electron chi connectivity index (χ1n) is 4.75. The molecule has 0 saturated heterocycles. The molecule has 13 heavy (non-hydrogen) atoms. The zero-order chi connectivity index (χ0) is 9.26. The lowest BCUT2D eigenvalue weighted by atomic mass is 10.1. The molecule has 0 spiro atoms. The van der Waals surface area contributed by atoms with Crippen LogP contribution in [0.15, 0.2) is 18.2 Å². The van der Waals surface area contributed by atoms with Gasteiger partial charge in [0.05, 0.1) is 5.52 Å². The third kappa shape index (κ3) is 1.44. The molecule has 0 aliphatic heterocycles. The second-order valence-electron chi connectivity index (χ2n) is 3.45. The van der Waals surface area contributed by atoms with E-state index in [9.17, 15) is 0 Å². The largest absolute Gasteiger partial charge is 0.282 e. The number of aromatic nitrogens is 2. The Bertz CT molecular complexity index is 420. The van der Waals surface area contributed by atoms with Crippen molar-refractivity contribution in [2.45, 2.75) is 26.7 Å². The monoisotopic (exact) mass is 176 g/mol. The van der Waals surface area contributed by atoms with Crippen molar-refractivity contribution in [3.05, 3.63) is 29.5 Å². The van der Waals surface area contributed by atoms with Crippen LogP contribution in [-0.4, -0.2) is 10.2 Å². The standard InChI is InChI=1S/C11H14N2.H2/c1-3-4-9-5-6-10-8(2)12-13-11(10)7-9;/h5-7H,3-4H2,1-2H3,(H,12,13);1H. The molecule has 2 aromatic rings. The van der Waals surface area contributed by atoms with Crippen molar-refractivity contribution in [3.63, 3.8) is 0 Å². The fraction of sp³-hybridized carbons (Fsp3) is 0.364. The highest BCUT2D eigenvalue weighted by Gasteiger charge is 2.01. The van der Waals surface area contributed by atoms with Crippen LogP contribution < -0.4 is 0 Å². The summed E-state index contributed by atoms with van der Waals surface area (Å²) in [6, 6.07) is 6.51. The van der Waals surface area contributed by atoms with Crippen molar-refractivity contribution in [1.29, 1.82) is 0 Å². The van der Waals surface area contributed by atoms with Crippen molar-refractivity contribution in [2.24, 2.45) is 0 Å². The smallest absolute Gasteiger partial charge is 0.0926 e. The van der Waals surface area contributed by atoms with E-state index in [1.54, 1.807) is 0 Å². The Hall–Kier alpha value is -1.31. The van der Waals surface area contributed by atoms with Gasteiger partial charge in [0.15, 0.2) is 0 Å². The van der Waals surface area contributed by atoms with Crippen LogP contribution in [0.3, 0.4) is 0 Å². The Balaban J connectivity index is 0.000000980. The highest BCUT2D eigenvalue weighted by Crippen LogP contribution is 2.17. The lowest BCUT2D eigenvalue weighted by Crippen LogP contribution is -1.82. The Labute approximate surface area is 79.5 Å². The summed E-state index contributed by atoms with van der Waals surface area (Å²) >= 11 is 0. The molecular formula is C11H16N2. The van der Waals surface area contributed by atoms with Crippen LogP contribution in [0.2, 0.25) is 0 Å². The van der Waals surface area contributed by atoms with E-state index in [1.807, 2.05) is 0 Å². The van der Waals surface area contributed by atoms with Gasteiger partial charge in [-0.2, -0.15) is 5.10 Å². The average Bonchev–Trinajstić information content (AvgIpc) is 2.48. The maximum Gasteiger partial charge on any atom is 0.0926 e. The predicted molar refractivity (Wildman–Crippen MR) is 56.9 cm³/mol. The first-order chi connectivity index (χ1) is 6.31. The molecule has 0 saturated carbocycles. The van der Waals surface area contributed by atoms with Gasteiger partial charge in [0.1, 0.15) is 0 Å². The molecule has 2 heteroatoms. The number of hydrogen-bond donors (Lipinski definition) is 1. The van der Waals surface area contributed by atoms with Gasteiger partial charge in [-0.25, -0.2) is 0 Å². The molecule has 2 nitrogen and oxygen atoms in total. The van der Waals surface area contributed by atoms with E-state index >= 15 is 0 Å². The molecule has 0 aliphatic carbocycles. The summed E-state index contributed by atoms with van der Waals surface area (Å²) in [6.45, 7) is 4.24. The van der Waals surface area contributed by atoms with E-state index in [4.69, 9.17) is 0 Å². The molecule has 1 N–H and O–H groups in total. The van der Waals surface area contributed by atoms with E-state index in [0.29, 0.717) is 0 Å². The summed E-state index contributed by atoms with van der Waals surface area (Å²) in [6.07, 6.45) is 2.33. The van der Waals surface area contributed by atoms with Crippen LogP contribution in [0.25, 0.3) is 10.9 Å². The number of aryl methyl sites for hydroxylation is 2. The minimum atomic E-state index is 0. The quantitative estimate of drug-likeness (QED) is 0.748. The zero-order valence-electron chi connectivity index (χ0n) is 8.09. The third-order valence-electron chi connectivity index (χ3n) is 2.35. The number of nitrogens with one attached hydrogen (secondary N) is 1. The Morgan fingerprint density at radius 3 is 3.08 bits per heavy atom. The summed E-state index contributed by atoms with van der Waals surface area (Å²) in [4.78, 5) is 0. The van der Waals surface area contributed by atoms with Gasteiger partial charge in [-0.15, -0.1) is 0 Å². The van der Waals surface area contributed by atoms with Crippen molar-refractivity contribution >= 4 is 10.9 Å². The number of rotatable bonds is 2. The molecule has 1 heterocycles. The van der Waals surface area contributed by atoms with E-state index in [0.717, 1.165) is 17.6 Å². The number of fused-ring (bicyclic) bond motifs is 1. The van der Waals surface area contributed by atoms with Crippen LogP contribution in [0, 0.1) is 6.92 Å². The van der Waals surface area contributed by atoms with Gasteiger partial charge in [-0.3, -0.25) is 5.10 Å². The Morgan fingerprint density at radius 1 is 1.46 bits per heavy atom. The molecule has 0 aliphatic rings. The fourth-order valence-electron chi connectivity index (χ4n) is 1.64. The number of nitrogens with zero attached hydrogens (tertiary/aromatic N) is 1. The second kappa shape index (κ2) is 3.21. The molecule has 70 valence electrons. The summed E-state index contributed by atoms with van der Waals surface area (Å²) in [5, 5.41) is 8.47. The SMILES string of the molecule is CCCc1ccc2c(C)[nH]nc2c1.[HH]. The molecule has 0 fully saturated rings. The maximum atomic E-state index is 4.24. The van der Waals surface area contributed by atoms with Gasteiger partial charge in [-0.1, -0.05) is 25.5 Å². The molecule has 1 aromatic carbocycles. The van der Waals surface area contributed by atoms with Gasteiger partial charge in [-0.05, 0) is 25.0 Å². The number of aromatic amines is 1. The van der Waals surface area contributed by atoms with Crippen molar-refractivity contribution in [2.75, 3.05) is 0 Å². The average molecular weight is 176 g/mol. The summed E-state index contributed by atoms with van der Waals surface area (Å²) in [5.41, 5.74) is 3.61. The molecule has 0 unspecified atom stereocenters. The second-order valence-corrected chi connectivity index (χ2v) is 3.45. The van der Waals surface area contributed by atoms with Gasteiger partial charge in [0, 0.05) is 12.5 Å². The van der Waals surface area contributed by atoms with Crippen LogP contribution in [-0.2, 0) is 6.42 Å². The van der Waals surface area contributed by atoms with E-state index in [-0.39, 0.29) is 1.43 Å². The van der Waals surface area contributed by atoms with E-state index in [2.05, 4.69) is 42.2 Å². The molecule has 1 aromatic heterocycles. The van der Waals surface area contributed by atoms with Gasteiger partial charge < -0.3 is 0 Å². The molecule has 0 bridgehead atoms. The minimum absolute atomic E-state index is 0. The molecule has 0 radical (unpaired) electrons.